The maximum Gasteiger partial charge on any atom is 0.255 e. The van der Waals surface area contributed by atoms with Crippen molar-refractivity contribution in [3.8, 4) is 0 Å². The number of hydrogen-bond acceptors (Lipinski definition) is 3. The lowest BCUT2D eigenvalue weighted by Gasteiger charge is -2.11. The highest BCUT2D eigenvalue weighted by Crippen LogP contribution is 2.21. The molecule has 0 saturated heterocycles. The van der Waals surface area contributed by atoms with E-state index in [0.717, 1.165) is 6.07 Å². The number of benzene rings is 2. The van der Waals surface area contributed by atoms with Crippen molar-refractivity contribution in [2.45, 2.75) is 6.92 Å². The average molecular weight is 287 g/mol. The van der Waals surface area contributed by atoms with Crippen molar-refractivity contribution in [2.24, 2.45) is 5.73 Å². The fourth-order valence-corrected chi connectivity index (χ4v) is 1.83. The zero-order valence-electron chi connectivity index (χ0n) is 11.3. The molecule has 21 heavy (non-hydrogen) atoms. The van der Waals surface area contributed by atoms with Gasteiger partial charge >= 0.3 is 0 Å². The zero-order valence-corrected chi connectivity index (χ0v) is 11.3. The molecule has 0 aliphatic carbocycles. The van der Waals surface area contributed by atoms with E-state index in [4.69, 9.17) is 11.5 Å². The largest absolute Gasteiger partial charge is 0.399 e. The Morgan fingerprint density at radius 2 is 1.86 bits per heavy atom. The van der Waals surface area contributed by atoms with Gasteiger partial charge in [-0.1, -0.05) is 6.07 Å². The van der Waals surface area contributed by atoms with Crippen LogP contribution in [0.15, 0.2) is 36.4 Å². The number of halogens is 1. The number of nitrogens with one attached hydrogen (secondary N) is 1. The van der Waals surface area contributed by atoms with Gasteiger partial charge in [0, 0.05) is 28.1 Å². The minimum absolute atomic E-state index is 0.0130. The van der Waals surface area contributed by atoms with E-state index in [-0.39, 0.29) is 16.8 Å². The number of anilines is 2. The molecular formula is C15H14FN3O2. The Morgan fingerprint density at radius 1 is 1.14 bits per heavy atom. The number of amides is 2. The first-order valence-corrected chi connectivity index (χ1v) is 6.15. The van der Waals surface area contributed by atoms with Gasteiger partial charge in [-0.25, -0.2) is 4.39 Å². The van der Waals surface area contributed by atoms with Gasteiger partial charge in [0.15, 0.2) is 0 Å². The van der Waals surface area contributed by atoms with Crippen molar-refractivity contribution in [1.29, 1.82) is 0 Å². The molecule has 0 radical (unpaired) electrons. The van der Waals surface area contributed by atoms with Crippen LogP contribution < -0.4 is 16.8 Å². The molecule has 108 valence electrons. The van der Waals surface area contributed by atoms with E-state index in [1.165, 1.54) is 19.1 Å². The Morgan fingerprint density at radius 3 is 2.48 bits per heavy atom. The van der Waals surface area contributed by atoms with Gasteiger partial charge in [0.25, 0.3) is 5.91 Å². The lowest BCUT2D eigenvalue weighted by Crippen LogP contribution is -2.16. The maximum atomic E-state index is 13.7. The van der Waals surface area contributed by atoms with E-state index in [0.29, 0.717) is 11.3 Å². The molecule has 0 aliphatic heterocycles. The summed E-state index contributed by atoms with van der Waals surface area (Å²) in [6, 6.07) is 8.74. The van der Waals surface area contributed by atoms with Gasteiger partial charge in [0.05, 0.1) is 0 Å². The third kappa shape index (κ3) is 3.17. The van der Waals surface area contributed by atoms with E-state index in [2.05, 4.69) is 5.32 Å². The first-order valence-electron chi connectivity index (χ1n) is 6.15. The summed E-state index contributed by atoms with van der Waals surface area (Å²) < 4.78 is 13.7. The van der Waals surface area contributed by atoms with Crippen LogP contribution in [0.2, 0.25) is 0 Å². The first kappa shape index (κ1) is 14.5. The van der Waals surface area contributed by atoms with Crippen LogP contribution in [-0.4, -0.2) is 11.8 Å². The normalized spacial score (nSPS) is 10.2. The van der Waals surface area contributed by atoms with E-state index < -0.39 is 17.6 Å². The highest BCUT2D eigenvalue weighted by atomic mass is 19.1. The van der Waals surface area contributed by atoms with E-state index >= 15 is 0 Å². The minimum Gasteiger partial charge on any atom is -0.399 e. The fraction of sp³-hybridized carbons (Fsp3) is 0.0667. The summed E-state index contributed by atoms with van der Waals surface area (Å²) in [6.45, 7) is 1.50. The molecular weight excluding hydrogens is 273 g/mol. The third-order valence-corrected chi connectivity index (χ3v) is 3.03. The maximum absolute atomic E-state index is 13.7. The number of nitrogens with two attached hydrogens (primary N) is 2. The summed E-state index contributed by atoms with van der Waals surface area (Å²) >= 11 is 0. The second-order valence-corrected chi connectivity index (χ2v) is 4.57. The lowest BCUT2D eigenvalue weighted by molar-refractivity contribution is 0.0995. The van der Waals surface area contributed by atoms with Crippen molar-refractivity contribution < 1.29 is 14.0 Å². The Balaban J connectivity index is 2.35. The summed E-state index contributed by atoms with van der Waals surface area (Å²) in [4.78, 5) is 23.2. The summed E-state index contributed by atoms with van der Waals surface area (Å²) in [5.41, 5.74) is 11.9. The molecule has 2 rings (SSSR count). The van der Waals surface area contributed by atoms with Crippen LogP contribution in [0.25, 0.3) is 0 Å². The minimum atomic E-state index is -0.770. The summed E-state index contributed by atoms with van der Waals surface area (Å²) in [7, 11) is 0. The number of nitrogen functional groups attached to an aromatic ring is 1. The molecule has 0 unspecified atom stereocenters. The zero-order chi connectivity index (χ0) is 15.6. The quantitative estimate of drug-likeness (QED) is 0.753. The van der Waals surface area contributed by atoms with Crippen molar-refractivity contribution >= 4 is 23.2 Å². The number of primary amides is 1. The van der Waals surface area contributed by atoms with Crippen LogP contribution in [0.3, 0.4) is 0 Å². The standard InChI is InChI=1S/C15H14FN3O2/c1-8-12(16)6-10(14(18)20)7-13(8)19-15(21)9-3-2-4-11(17)5-9/h2-7H,17H2,1H3,(H2,18,20)(H,19,21). The van der Waals surface area contributed by atoms with Gasteiger partial charge in [0.1, 0.15) is 5.82 Å². The van der Waals surface area contributed by atoms with Crippen LogP contribution in [0.1, 0.15) is 26.3 Å². The predicted octanol–water partition coefficient (Wildman–Crippen LogP) is 2.07. The number of rotatable bonds is 3. The lowest BCUT2D eigenvalue weighted by atomic mass is 10.1. The van der Waals surface area contributed by atoms with Gasteiger partial charge in [0.2, 0.25) is 5.91 Å². The predicted molar refractivity (Wildman–Crippen MR) is 78.5 cm³/mol. The van der Waals surface area contributed by atoms with Gasteiger partial charge in [-0.2, -0.15) is 0 Å². The molecule has 2 aromatic carbocycles. The number of hydrogen-bond donors (Lipinski definition) is 3. The Bertz CT molecular complexity index is 729. The van der Waals surface area contributed by atoms with Crippen molar-refractivity contribution in [2.75, 3.05) is 11.1 Å². The second-order valence-electron chi connectivity index (χ2n) is 4.57. The second kappa shape index (κ2) is 5.62. The van der Waals surface area contributed by atoms with Gasteiger partial charge in [-0.05, 0) is 37.3 Å². The summed E-state index contributed by atoms with van der Waals surface area (Å²) in [5.74, 6) is -1.84. The smallest absolute Gasteiger partial charge is 0.255 e. The molecule has 0 saturated carbocycles. The molecule has 0 bridgehead atoms. The average Bonchev–Trinajstić information content (AvgIpc) is 2.43. The van der Waals surface area contributed by atoms with Crippen molar-refractivity contribution in [3.05, 3.63) is 58.9 Å². The van der Waals surface area contributed by atoms with Crippen LogP contribution in [-0.2, 0) is 0 Å². The molecule has 0 heterocycles. The van der Waals surface area contributed by atoms with Crippen LogP contribution in [0, 0.1) is 12.7 Å². The molecule has 6 heteroatoms. The van der Waals surface area contributed by atoms with Crippen molar-refractivity contribution in [1.82, 2.24) is 0 Å². The molecule has 2 aromatic rings. The topological polar surface area (TPSA) is 98.2 Å². The molecule has 5 N–H and O–H groups in total. The molecule has 0 fully saturated rings. The molecule has 2 amide bonds. The van der Waals surface area contributed by atoms with E-state index in [1.807, 2.05) is 0 Å². The molecule has 0 aliphatic rings. The Kier molecular flexibility index (Phi) is 3.89. The Hall–Kier alpha value is -2.89. The van der Waals surface area contributed by atoms with Gasteiger partial charge < -0.3 is 16.8 Å². The van der Waals surface area contributed by atoms with E-state index in [1.54, 1.807) is 18.2 Å². The highest BCUT2D eigenvalue weighted by molar-refractivity contribution is 6.06. The third-order valence-electron chi connectivity index (χ3n) is 3.03. The fourth-order valence-electron chi connectivity index (χ4n) is 1.83. The molecule has 5 nitrogen and oxygen atoms in total. The molecule has 0 atom stereocenters. The molecule has 0 spiro atoms. The van der Waals surface area contributed by atoms with Crippen LogP contribution in [0.5, 0.6) is 0 Å². The number of carbonyl (C=O) groups is 2. The van der Waals surface area contributed by atoms with Crippen LogP contribution in [0.4, 0.5) is 15.8 Å². The summed E-state index contributed by atoms with van der Waals surface area (Å²) in [6.07, 6.45) is 0. The van der Waals surface area contributed by atoms with Gasteiger partial charge in [-0.3, -0.25) is 9.59 Å². The van der Waals surface area contributed by atoms with Crippen LogP contribution >= 0.6 is 0 Å². The SMILES string of the molecule is Cc1c(F)cc(C(N)=O)cc1NC(=O)c1cccc(N)c1. The number of carbonyl (C=O) groups excluding carboxylic acids is 2. The Labute approximate surface area is 120 Å². The summed E-state index contributed by atoms with van der Waals surface area (Å²) in [5, 5.41) is 2.55. The highest BCUT2D eigenvalue weighted by Gasteiger charge is 2.13. The first-order chi connectivity index (χ1) is 9.88. The van der Waals surface area contributed by atoms with Gasteiger partial charge in [-0.15, -0.1) is 0 Å². The molecule has 0 aromatic heterocycles. The van der Waals surface area contributed by atoms with E-state index in [9.17, 15) is 14.0 Å². The monoisotopic (exact) mass is 287 g/mol. The van der Waals surface area contributed by atoms with Crippen molar-refractivity contribution in [3.63, 3.8) is 0 Å².